The summed E-state index contributed by atoms with van der Waals surface area (Å²) >= 11 is 0. The molecule has 0 spiro atoms. The van der Waals surface area contributed by atoms with Crippen LogP contribution in [0, 0.1) is 11.7 Å². The Labute approximate surface area is 153 Å². The molecule has 136 valence electrons. The predicted molar refractivity (Wildman–Crippen MR) is 98.6 cm³/mol. The largest absolute Gasteiger partial charge is 0.338 e. The molecule has 0 unspecified atom stereocenters. The van der Waals surface area contributed by atoms with Gasteiger partial charge in [-0.3, -0.25) is 4.79 Å². The van der Waals surface area contributed by atoms with E-state index in [1.54, 1.807) is 23.1 Å². The smallest absolute Gasteiger partial charge is 0.317 e. The Hall–Kier alpha value is -2.69. The average molecular weight is 354 g/mol. The number of hydrogen-bond donors (Lipinski definition) is 1. The zero-order valence-electron chi connectivity index (χ0n) is 14.7. The minimum Gasteiger partial charge on any atom is -0.338 e. The van der Waals surface area contributed by atoms with E-state index in [1.165, 1.54) is 6.07 Å². The van der Waals surface area contributed by atoms with Gasteiger partial charge in [-0.25, -0.2) is 9.18 Å². The number of hydrogen-bond acceptors (Lipinski definition) is 2. The molecule has 0 aromatic heterocycles. The predicted octanol–water partition coefficient (Wildman–Crippen LogP) is 3.67. The van der Waals surface area contributed by atoms with Gasteiger partial charge in [0.1, 0.15) is 5.82 Å². The number of urea groups is 1. The van der Waals surface area contributed by atoms with Crippen molar-refractivity contribution < 1.29 is 14.0 Å². The van der Waals surface area contributed by atoms with Crippen LogP contribution < -0.4 is 5.32 Å². The second-order valence-corrected chi connectivity index (χ2v) is 6.56. The first-order valence-corrected chi connectivity index (χ1v) is 9.00. The Morgan fingerprint density at radius 3 is 2.35 bits per heavy atom. The molecule has 3 rings (SSSR count). The molecule has 1 heterocycles. The van der Waals surface area contributed by atoms with Crippen molar-refractivity contribution in [2.45, 2.75) is 19.3 Å². The minimum absolute atomic E-state index is 0.0279. The number of ketones is 1. The monoisotopic (exact) mass is 354 g/mol. The third-order valence-corrected chi connectivity index (χ3v) is 4.84. The van der Waals surface area contributed by atoms with Gasteiger partial charge in [-0.1, -0.05) is 48.5 Å². The molecule has 1 fully saturated rings. The lowest BCUT2D eigenvalue weighted by Crippen LogP contribution is -2.46. The summed E-state index contributed by atoms with van der Waals surface area (Å²) < 4.78 is 13.6. The maximum atomic E-state index is 13.6. The number of Topliss-reactive ketones (excluding diaryl/α,β-unsaturated/α-hetero) is 1. The highest BCUT2D eigenvalue weighted by molar-refractivity contribution is 5.97. The van der Waals surface area contributed by atoms with E-state index in [0.29, 0.717) is 44.5 Å². The van der Waals surface area contributed by atoms with Gasteiger partial charge < -0.3 is 10.2 Å². The maximum Gasteiger partial charge on any atom is 0.317 e. The van der Waals surface area contributed by atoms with Crippen LogP contribution in [0.15, 0.2) is 54.6 Å². The third kappa shape index (κ3) is 4.48. The topological polar surface area (TPSA) is 49.4 Å². The number of likely N-dealkylation sites (tertiary alicyclic amines) is 1. The summed E-state index contributed by atoms with van der Waals surface area (Å²) in [5.74, 6) is -0.118. The Bertz CT molecular complexity index is 756. The fourth-order valence-electron chi connectivity index (χ4n) is 3.30. The Balaban J connectivity index is 1.43. The highest BCUT2D eigenvalue weighted by Gasteiger charge is 2.27. The molecule has 1 saturated heterocycles. The van der Waals surface area contributed by atoms with Gasteiger partial charge in [-0.15, -0.1) is 0 Å². The highest BCUT2D eigenvalue weighted by atomic mass is 19.1. The van der Waals surface area contributed by atoms with E-state index in [4.69, 9.17) is 0 Å². The lowest BCUT2D eigenvalue weighted by molar-refractivity contribution is 0.0854. The number of halogens is 1. The Kier molecular flexibility index (Phi) is 6.00. The van der Waals surface area contributed by atoms with Crippen LogP contribution >= 0.6 is 0 Å². The number of carbonyl (C=O) groups is 2. The molecule has 2 aromatic carbocycles. The first-order valence-electron chi connectivity index (χ1n) is 9.00. The summed E-state index contributed by atoms with van der Waals surface area (Å²) in [6.45, 7) is 1.52. The van der Waals surface area contributed by atoms with Crippen LogP contribution in [0.5, 0.6) is 0 Å². The molecule has 5 heteroatoms. The van der Waals surface area contributed by atoms with Crippen molar-refractivity contribution in [3.63, 3.8) is 0 Å². The van der Waals surface area contributed by atoms with Gasteiger partial charge in [0.25, 0.3) is 0 Å². The van der Waals surface area contributed by atoms with Crippen molar-refractivity contribution in [1.82, 2.24) is 10.2 Å². The number of nitrogens with zero attached hydrogens (tertiary/aromatic N) is 1. The van der Waals surface area contributed by atoms with Crippen LogP contribution in [0.4, 0.5) is 9.18 Å². The van der Waals surface area contributed by atoms with Gasteiger partial charge in [-0.2, -0.15) is 0 Å². The van der Waals surface area contributed by atoms with E-state index in [9.17, 15) is 14.0 Å². The fraction of sp³-hybridized carbons (Fsp3) is 0.333. The maximum absolute atomic E-state index is 13.6. The van der Waals surface area contributed by atoms with Crippen LogP contribution in [0.2, 0.25) is 0 Å². The molecule has 0 saturated carbocycles. The number of piperidine rings is 1. The van der Waals surface area contributed by atoms with Crippen LogP contribution in [0.25, 0.3) is 0 Å². The summed E-state index contributed by atoms with van der Waals surface area (Å²) in [7, 11) is 0. The molecule has 0 bridgehead atoms. The lowest BCUT2D eigenvalue weighted by atomic mass is 9.89. The third-order valence-electron chi connectivity index (χ3n) is 4.84. The van der Waals surface area contributed by atoms with Gasteiger partial charge >= 0.3 is 6.03 Å². The fourth-order valence-corrected chi connectivity index (χ4v) is 3.30. The molecule has 2 aromatic rings. The van der Waals surface area contributed by atoms with E-state index in [0.717, 1.165) is 5.56 Å². The lowest BCUT2D eigenvalue weighted by Gasteiger charge is -2.31. The molecule has 4 nitrogen and oxygen atoms in total. The van der Waals surface area contributed by atoms with Crippen LogP contribution in [0.3, 0.4) is 0 Å². The Morgan fingerprint density at radius 1 is 1.00 bits per heavy atom. The van der Waals surface area contributed by atoms with Crippen molar-refractivity contribution in [2.75, 3.05) is 19.6 Å². The molecular formula is C21H23FN2O2. The molecule has 1 aliphatic heterocycles. The van der Waals surface area contributed by atoms with Crippen molar-refractivity contribution in [3.05, 3.63) is 71.5 Å². The van der Waals surface area contributed by atoms with Gasteiger partial charge in [0.05, 0.1) is 0 Å². The SMILES string of the molecule is O=C(c1ccccc1)C1CCN(C(=O)NCCc2ccccc2F)CC1. The molecule has 1 aliphatic rings. The quantitative estimate of drug-likeness (QED) is 0.833. The summed E-state index contributed by atoms with van der Waals surface area (Å²) in [4.78, 5) is 26.5. The highest BCUT2D eigenvalue weighted by Crippen LogP contribution is 2.21. The second-order valence-electron chi connectivity index (χ2n) is 6.56. The molecule has 1 N–H and O–H groups in total. The van der Waals surface area contributed by atoms with E-state index in [2.05, 4.69) is 5.32 Å². The molecular weight excluding hydrogens is 331 g/mol. The van der Waals surface area contributed by atoms with Crippen molar-refractivity contribution >= 4 is 11.8 Å². The summed E-state index contributed by atoms with van der Waals surface area (Å²) in [6.07, 6.45) is 1.81. The zero-order chi connectivity index (χ0) is 18.4. The number of rotatable bonds is 5. The van der Waals surface area contributed by atoms with E-state index >= 15 is 0 Å². The number of amides is 2. The molecule has 0 radical (unpaired) electrons. The minimum atomic E-state index is -0.248. The summed E-state index contributed by atoms with van der Waals surface area (Å²) in [6, 6.07) is 15.7. The summed E-state index contributed by atoms with van der Waals surface area (Å²) in [5, 5.41) is 2.84. The first kappa shape index (κ1) is 18.1. The van der Waals surface area contributed by atoms with Gasteiger partial charge in [0.2, 0.25) is 0 Å². The molecule has 0 aliphatic carbocycles. The molecule has 0 atom stereocenters. The summed E-state index contributed by atoms with van der Waals surface area (Å²) in [5.41, 5.74) is 1.33. The van der Waals surface area contributed by atoms with Crippen LogP contribution in [-0.4, -0.2) is 36.3 Å². The second kappa shape index (κ2) is 8.61. The van der Waals surface area contributed by atoms with E-state index < -0.39 is 0 Å². The van der Waals surface area contributed by atoms with Crippen molar-refractivity contribution in [1.29, 1.82) is 0 Å². The number of carbonyl (C=O) groups excluding carboxylic acids is 2. The van der Waals surface area contributed by atoms with E-state index in [1.807, 2.05) is 30.3 Å². The van der Waals surface area contributed by atoms with Crippen LogP contribution in [0.1, 0.15) is 28.8 Å². The van der Waals surface area contributed by atoms with Gasteiger partial charge in [0, 0.05) is 31.1 Å². The van der Waals surface area contributed by atoms with Gasteiger partial charge in [0.15, 0.2) is 5.78 Å². The Morgan fingerprint density at radius 2 is 1.65 bits per heavy atom. The van der Waals surface area contributed by atoms with Crippen LogP contribution in [-0.2, 0) is 6.42 Å². The standard InChI is InChI=1S/C21H23FN2O2/c22-19-9-5-4-6-16(19)10-13-23-21(26)24-14-11-18(12-15-24)20(25)17-7-2-1-3-8-17/h1-9,18H,10-15H2,(H,23,26). The first-order chi connectivity index (χ1) is 12.6. The molecule has 2 amide bonds. The average Bonchev–Trinajstić information content (AvgIpc) is 2.69. The normalized spacial score (nSPS) is 14.9. The zero-order valence-corrected chi connectivity index (χ0v) is 14.7. The van der Waals surface area contributed by atoms with Gasteiger partial charge in [-0.05, 0) is 30.9 Å². The van der Waals surface area contributed by atoms with Crippen molar-refractivity contribution in [3.8, 4) is 0 Å². The van der Waals surface area contributed by atoms with E-state index in [-0.39, 0.29) is 23.5 Å². The van der Waals surface area contributed by atoms with Crippen molar-refractivity contribution in [2.24, 2.45) is 5.92 Å². The molecule has 26 heavy (non-hydrogen) atoms. The number of benzene rings is 2. The number of nitrogens with one attached hydrogen (secondary N) is 1.